The summed E-state index contributed by atoms with van der Waals surface area (Å²) in [6.45, 7) is 6.70. The number of ether oxygens (including phenoxy) is 1. The van der Waals surface area contributed by atoms with E-state index in [9.17, 15) is 4.39 Å². The molecule has 1 aromatic carbocycles. The monoisotopic (exact) mass is 423 g/mol. The average Bonchev–Trinajstić information content (AvgIpc) is 2.48. The molecule has 126 valence electrons. The number of halogens is 2. The second-order valence-corrected chi connectivity index (χ2v) is 4.83. The first-order valence-corrected chi connectivity index (χ1v) is 7.49. The van der Waals surface area contributed by atoms with E-state index in [1.165, 1.54) is 6.07 Å². The number of methoxy groups -OCH3 is 1. The Bertz CT molecular complexity index is 455. The summed E-state index contributed by atoms with van der Waals surface area (Å²) >= 11 is 0. The first kappa shape index (κ1) is 21.1. The lowest BCUT2D eigenvalue weighted by molar-refractivity contribution is 0.181. The summed E-state index contributed by atoms with van der Waals surface area (Å²) in [4.78, 5) is 4.52. The van der Waals surface area contributed by atoms with Crippen LogP contribution in [0.4, 0.5) is 4.39 Å². The zero-order valence-electron chi connectivity index (χ0n) is 13.6. The Morgan fingerprint density at radius 1 is 1.27 bits per heavy atom. The average molecular weight is 423 g/mol. The maximum atomic E-state index is 13.5. The summed E-state index contributed by atoms with van der Waals surface area (Å²) in [6.07, 6.45) is 2.25. The van der Waals surface area contributed by atoms with Crippen molar-refractivity contribution < 1.29 is 9.13 Å². The zero-order chi connectivity index (χ0) is 15.5. The standard InChI is InChI=1S/C16H26FN3O.HI/c1-4-6-9-19-16(18-5-2)20-11-13-7-8-15(17)14(10-13)12-21-3;/h7-8,10H,4-6,9,11-12H2,1-3H3,(H2,18,19,20);1H. The van der Waals surface area contributed by atoms with Crippen molar-refractivity contribution in [2.45, 2.75) is 39.8 Å². The molecule has 0 aliphatic heterocycles. The number of nitrogens with zero attached hydrogens (tertiary/aromatic N) is 1. The van der Waals surface area contributed by atoms with Crippen molar-refractivity contribution in [3.8, 4) is 0 Å². The molecular weight excluding hydrogens is 396 g/mol. The van der Waals surface area contributed by atoms with Crippen LogP contribution < -0.4 is 10.6 Å². The summed E-state index contributed by atoms with van der Waals surface area (Å²) < 4.78 is 18.5. The van der Waals surface area contributed by atoms with Gasteiger partial charge in [0.1, 0.15) is 5.82 Å². The number of unbranched alkanes of at least 4 members (excludes halogenated alkanes) is 1. The molecular formula is C16H27FIN3O. The largest absolute Gasteiger partial charge is 0.380 e. The number of rotatable bonds is 8. The van der Waals surface area contributed by atoms with Gasteiger partial charge in [0.15, 0.2) is 5.96 Å². The van der Waals surface area contributed by atoms with Crippen LogP contribution in [0.3, 0.4) is 0 Å². The van der Waals surface area contributed by atoms with Gasteiger partial charge in [0.05, 0.1) is 13.2 Å². The van der Waals surface area contributed by atoms with Crippen molar-refractivity contribution in [3.05, 3.63) is 35.1 Å². The first-order valence-electron chi connectivity index (χ1n) is 7.49. The lowest BCUT2D eigenvalue weighted by Gasteiger charge is -2.11. The molecule has 0 radical (unpaired) electrons. The number of guanidine groups is 1. The second kappa shape index (κ2) is 12.6. The van der Waals surface area contributed by atoms with Gasteiger partial charge in [-0.2, -0.15) is 0 Å². The van der Waals surface area contributed by atoms with Crippen LogP contribution in [-0.2, 0) is 17.9 Å². The van der Waals surface area contributed by atoms with E-state index in [1.54, 1.807) is 19.2 Å². The number of hydrogen-bond acceptors (Lipinski definition) is 2. The van der Waals surface area contributed by atoms with Crippen LogP contribution in [0.25, 0.3) is 0 Å². The van der Waals surface area contributed by atoms with Crippen molar-refractivity contribution in [2.75, 3.05) is 20.2 Å². The van der Waals surface area contributed by atoms with Crippen LogP contribution in [0.5, 0.6) is 0 Å². The van der Waals surface area contributed by atoms with E-state index >= 15 is 0 Å². The third-order valence-corrected chi connectivity index (χ3v) is 3.00. The van der Waals surface area contributed by atoms with E-state index in [0.717, 1.165) is 37.5 Å². The molecule has 0 amide bonds. The molecule has 0 saturated carbocycles. The number of benzene rings is 1. The molecule has 0 unspecified atom stereocenters. The van der Waals surface area contributed by atoms with Crippen LogP contribution in [0.15, 0.2) is 23.2 Å². The van der Waals surface area contributed by atoms with Gasteiger partial charge in [0.2, 0.25) is 0 Å². The van der Waals surface area contributed by atoms with E-state index in [2.05, 4.69) is 22.5 Å². The van der Waals surface area contributed by atoms with E-state index in [0.29, 0.717) is 12.1 Å². The molecule has 0 aliphatic rings. The minimum atomic E-state index is -0.238. The van der Waals surface area contributed by atoms with Gasteiger partial charge >= 0.3 is 0 Å². The maximum Gasteiger partial charge on any atom is 0.191 e. The summed E-state index contributed by atoms with van der Waals surface area (Å²) in [5.41, 5.74) is 1.53. The maximum absolute atomic E-state index is 13.5. The molecule has 2 N–H and O–H groups in total. The summed E-state index contributed by atoms with van der Waals surface area (Å²) in [7, 11) is 1.56. The highest BCUT2D eigenvalue weighted by Crippen LogP contribution is 2.12. The molecule has 0 heterocycles. The Hall–Kier alpha value is -0.890. The van der Waals surface area contributed by atoms with Crippen LogP contribution in [-0.4, -0.2) is 26.2 Å². The van der Waals surface area contributed by atoms with Crippen LogP contribution in [0.1, 0.15) is 37.8 Å². The van der Waals surface area contributed by atoms with Gasteiger partial charge < -0.3 is 15.4 Å². The number of hydrogen-bond donors (Lipinski definition) is 2. The number of nitrogens with one attached hydrogen (secondary N) is 2. The van der Waals surface area contributed by atoms with Gasteiger partial charge in [-0.1, -0.05) is 19.4 Å². The molecule has 4 nitrogen and oxygen atoms in total. The van der Waals surface area contributed by atoms with Crippen molar-refractivity contribution in [3.63, 3.8) is 0 Å². The minimum absolute atomic E-state index is 0. The molecule has 0 aromatic heterocycles. The van der Waals surface area contributed by atoms with Gasteiger partial charge in [0, 0.05) is 25.8 Å². The minimum Gasteiger partial charge on any atom is -0.380 e. The molecule has 0 fully saturated rings. The lowest BCUT2D eigenvalue weighted by Crippen LogP contribution is -2.37. The van der Waals surface area contributed by atoms with E-state index in [-0.39, 0.29) is 36.4 Å². The molecule has 0 spiro atoms. The lowest BCUT2D eigenvalue weighted by atomic mass is 10.1. The molecule has 22 heavy (non-hydrogen) atoms. The van der Waals surface area contributed by atoms with Gasteiger partial charge in [-0.3, -0.25) is 0 Å². The summed E-state index contributed by atoms with van der Waals surface area (Å²) in [5.74, 6) is 0.557. The highest BCUT2D eigenvalue weighted by Gasteiger charge is 2.03. The molecule has 1 aromatic rings. The SMILES string of the molecule is CCCCNC(=NCc1ccc(F)c(COC)c1)NCC.I. The molecule has 0 saturated heterocycles. The number of aliphatic imine (C=N–C) groups is 1. The summed E-state index contributed by atoms with van der Waals surface area (Å²) in [5, 5.41) is 6.49. The normalized spacial score (nSPS) is 11.0. The molecule has 0 bridgehead atoms. The highest BCUT2D eigenvalue weighted by atomic mass is 127. The van der Waals surface area contributed by atoms with Crippen molar-refractivity contribution in [1.82, 2.24) is 10.6 Å². The third kappa shape index (κ3) is 7.93. The smallest absolute Gasteiger partial charge is 0.191 e. The fourth-order valence-electron chi connectivity index (χ4n) is 1.89. The van der Waals surface area contributed by atoms with E-state index < -0.39 is 0 Å². The highest BCUT2D eigenvalue weighted by molar-refractivity contribution is 14.0. The van der Waals surface area contributed by atoms with Crippen molar-refractivity contribution in [1.29, 1.82) is 0 Å². The molecule has 0 aliphatic carbocycles. The quantitative estimate of drug-likeness (QED) is 0.292. The predicted octanol–water partition coefficient (Wildman–Crippen LogP) is 3.45. The van der Waals surface area contributed by atoms with Crippen molar-refractivity contribution >= 4 is 29.9 Å². The van der Waals surface area contributed by atoms with Crippen LogP contribution in [0, 0.1) is 5.82 Å². The second-order valence-electron chi connectivity index (χ2n) is 4.83. The zero-order valence-corrected chi connectivity index (χ0v) is 15.9. The Balaban J connectivity index is 0.00000441. The molecule has 0 atom stereocenters. The van der Waals surface area contributed by atoms with Gasteiger partial charge in [-0.05, 0) is 31.0 Å². The first-order chi connectivity index (χ1) is 10.2. The molecule has 6 heteroatoms. The Morgan fingerprint density at radius 2 is 2.05 bits per heavy atom. The third-order valence-electron chi connectivity index (χ3n) is 3.00. The topological polar surface area (TPSA) is 45.7 Å². The van der Waals surface area contributed by atoms with Crippen LogP contribution in [0.2, 0.25) is 0 Å². The van der Waals surface area contributed by atoms with Gasteiger partial charge in [0.25, 0.3) is 0 Å². The fourth-order valence-corrected chi connectivity index (χ4v) is 1.89. The Labute approximate surface area is 149 Å². The van der Waals surface area contributed by atoms with Gasteiger partial charge in [-0.15, -0.1) is 24.0 Å². The molecule has 1 rings (SSSR count). The predicted molar refractivity (Wildman–Crippen MR) is 100 cm³/mol. The van der Waals surface area contributed by atoms with E-state index in [1.807, 2.05) is 6.92 Å². The Morgan fingerprint density at radius 3 is 2.68 bits per heavy atom. The summed E-state index contributed by atoms with van der Waals surface area (Å²) in [6, 6.07) is 5.03. The Kier molecular flexibility index (Phi) is 12.1. The fraction of sp³-hybridized carbons (Fsp3) is 0.562. The van der Waals surface area contributed by atoms with Gasteiger partial charge in [-0.25, -0.2) is 9.38 Å². The van der Waals surface area contributed by atoms with Crippen LogP contribution >= 0.6 is 24.0 Å². The van der Waals surface area contributed by atoms with E-state index in [4.69, 9.17) is 4.74 Å². The van der Waals surface area contributed by atoms with Crippen molar-refractivity contribution in [2.24, 2.45) is 4.99 Å².